The van der Waals surface area contributed by atoms with Crippen molar-refractivity contribution in [1.29, 1.82) is 0 Å². The third-order valence-corrected chi connectivity index (χ3v) is 5.56. The van der Waals surface area contributed by atoms with Gasteiger partial charge in [-0.1, -0.05) is 17.7 Å². The van der Waals surface area contributed by atoms with E-state index in [0.29, 0.717) is 5.75 Å². The molecule has 1 N–H and O–H groups in total. The molecule has 0 spiro atoms. The second kappa shape index (κ2) is 7.40. The Hall–Kier alpha value is -1.79. The fourth-order valence-corrected chi connectivity index (χ4v) is 4.01. The van der Waals surface area contributed by atoms with E-state index >= 15 is 0 Å². The number of benzene rings is 1. The molecule has 1 aliphatic heterocycles. The molecule has 1 fully saturated rings. The second-order valence-electron chi connectivity index (χ2n) is 6.26. The maximum absolute atomic E-state index is 12.8. The molecular weight excluding hydrogens is 320 g/mol. The first-order chi connectivity index (χ1) is 11.6. The van der Waals surface area contributed by atoms with Crippen LogP contribution >= 0.6 is 11.8 Å². The van der Waals surface area contributed by atoms with Crippen molar-refractivity contribution < 1.29 is 4.79 Å². The van der Waals surface area contributed by atoms with Crippen molar-refractivity contribution >= 4 is 17.7 Å². The number of nitrogens with zero attached hydrogens (tertiary/aromatic N) is 3. The Morgan fingerprint density at radius 2 is 2.25 bits per heavy atom. The Labute approximate surface area is 147 Å². The van der Waals surface area contributed by atoms with Crippen molar-refractivity contribution in [2.24, 2.45) is 7.05 Å². The van der Waals surface area contributed by atoms with Gasteiger partial charge >= 0.3 is 0 Å². The molecule has 128 valence electrons. The Morgan fingerprint density at radius 3 is 2.96 bits per heavy atom. The minimum absolute atomic E-state index is 0.00552. The van der Waals surface area contributed by atoms with Crippen molar-refractivity contribution in [3.05, 3.63) is 47.5 Å². The molecule has 2 heterocycles. The number of thioether (sulfide) groups is 1. The molecule has 1 aromatic carbocycles. The Kier molecular flexibility index (Phi) is 5.26. The van der Waals surface area contributed by atoms with Gasteiger partial charge in [0.2, 0.25) is 5.91 Å². The molecule has 5 nitrogen and oxygen atoms in total. The molecule has 1 saturated heterocycles. The van der Waals surface area contributed by atoms with Gasteiger partial charge < -0.3 is 14.8 Å². The standard InChI is InChI=1S/C18H24N4OS/c1-13-4-5-16(14(2)10-13)24-12-17(23)22-9-6-19-11-15(22)18-20-7-8-21(18)3/h4-5,7-8,10,15,19H,6,9,11-12H2,1-3H3. The number of aryl methyl sites for hydroxylation is 3. The number of nitrogens with one attached hydrogen (secondary N) is 1. The first-order valence-corrected chi connectivity index (χ1v) is 9.22. The molecular formula is C18H24N4OS. The van der Waals surface area contributed by atoms with Crippen LogP contribution in [0.5, 0.6) is 0 Å². The first kappa shape index (κ1) is 17.0. The molecule has 0 bridgehead atoms. The van der Waals surface area contributed by atoms with Gasteiger partial charge in [-0.25, -0.2) is 4.98 Å². The molecule has 1 amide bonds. The fourth-order valence-electron chi connectivity index (χ4n) is 3.12. The van der Waals surface area contributed by atoms with Crippen LogP contribution in [0.1, 0.15) is 23.0 Å². The minimum atomic E-state index is 0.00552. The zero-order chi connectivity index (χ0) is 17.1. The highest BCUT2D eigenvalue weighted by molar-refractivity contribution is 8.00. The van der Waals surface area contributed by atoms with Gasteiger partial charge in [0.15, 0.2) is 0 Å². The van der Waals surface area contributed by atoms with Crippen LogP contribution < -0.4 is 5.32 Å². The number of carbonyl (C=O) groups excluding carboxylic acids is 1. The van der Waals surface area contributed by atoms with Crippen LogP contribution in [0.25, 0.3) is 0 Å². The lowest BCUT2D eigenvalue weighted by Gasteiger charge is -2.35. The van der Waals surface area contributed by atoms with Crippen LogP contribution in [-0.4, -0.2) is 45.7 Å². The summed E-state index contributed by atoms with van der Waals surface area (Å²) in [4.78, 5) is 20.4. The van der Waals surface area contributed by atoms with Gasteiger partial charge in [0, 0.05) is 44.0 Å². The van der Waals surface area contributed by atoms with E-state index in [-0.39, 0.29) is 11.9 Å². The number of hydrogen-bond acceptors (Lipinski definition) is 4. The number of hydrogen-bond donors (Lipinski definition) is 1. The second-order valence-corrected chi connectivity index (χ2v) is 7.28. The summed E-state index contributed by atoms with van der Waals surface area (Å²) in [5, 5.41) is 3.37. The van der Waals surface area contributed by atoms with Crippen LogP contribution in [0.2, 0.25) is 0 Å². The van der Waals surface area contributed by atoms with E-state index in [9.17, 15) is 4.79 Å². The van der Waals surface area contributed by atoms with Crippen molar-refractivity contribution in [2.75, 3.05) is 25.4 Å². The third kappa shape index (κ3) is 3.65. The van der Waals surface area contributed by atoms with Crippen LogP contribution in [-0.2, 0) is 11.8 Å². The zero-order valence-electron chi connectivity index (χ0n) is 14.5. The van der Waals surface area contributed by atoms with E-state index < -0.39 is 0 Å². The highest BCUT2D eigenvalue weighted by atomic mass is 32.2. The lowest BCUT2D eigenvalue weighted by atomic mass is 10.1. The van der Waals surface area contributed by atoms with Gasteiger partial charge in [0.25, 0.3) is 0 Å². The number of carbonyl (C=O) groups is 1. The lowest BCUT2D eigenvalue weighted by molar-refractivity contribution is -0.131. The molecule has 24 heavy (non-hydrogen) atoms. The minimum Gasteiger partial charge on any atom is -0.336 e. The predicted molar refractivity (Wildman–Crippen MR) is 97.2 cm³/mol. The highest BCUT2D eigenvalue weighted by Gasteiger charge is 2.30. The largest absolute Gasteiger partial charge is 0.336 e. The van der Waals surface area contributed by atoms with E-state index in [1.807, 2.05) is 22.7 Å². The average Bonchev–Trinajstić information content (AvgIpc) is 2.99. The number of aromatic nitrogens is 2. The van der Waals surface area contributed by atoms with Gasteiger partial charge in [-0.2, -0.15) is 0 Å². The molecule has 1 unspecified atom stereocenters. The molecule has 0 aliphatic carbocycles. The van der Waals surface area contributed by atoms with E-state index in [0.717, 1.165) is 25.5 Å². The molecule has 6 heteroatoms. The predicted octanol–water partition coefficient (Wildman–Crippen LogP) is 2.30. The number of imidazole rings is 1. The molecule has 2 aromatic rings. The number of piperazine rings is 1. The highest BCUT2D eigenvalue weighted by Crippen LogP contribution is 2.26. The molecule has 3 rings (SSSR count). The molecule has 1 aromatic heterocycles. The molecule has 0 radical (unpaired) electrons. The van der Waals surface area contributed by atoms with Gasteiger partial charge in [-0.05, 0) is 25.5 Å². The summed E-state index contributed by atoms with van der Waals surface area (Å²) in [6.07, 6.45) is 3.72. The Bertz CT molecular complexity index is 728. The van der Waals surface area contributed by atoms with E-state index in [1.165, 1.54) is 16.0 Å². The van der Waals surface area contributed by atoms with Gasteiger partial charge in [-0.3, -0.25) is 4.79 Å². The summed E-state index contributed by atoms with van der Waals surface area (Å²) in [5.74, 6) is 1.58. The SMILES string of the molecule is Cc1ccc(SCC(=O)N2CCNCC2c2nccn2C)c(C)c1. The Balaban J connectivity index is 1.69. The quantitative estimate of drug-likeness (QED) is 0.865. The fraction of sp³-hybridized carbons (Fsp3) is 0.444. The Morgan fingerprint density at radius 1 is 1.42 bits per heavy atom. The zero-order valence-corrected chi connectivity index (χ0v) is 15.3. The summed E-state index contributed by atoms with van der Waals surface area (Å²) in [7, 11) is 1.98. The number of rotatable bonds is 4. The molecule has 1 aliphatic rings. The summed E-state index contributed by atoms with van der Waals surface area (Å²) in [6, 6.07) is 6.37. The van der Waals surface area contributed by atoms with Crippen LogP contribution in [0, 0.1) is 13.8 Å². The maximum Gasteiger partial charge on any atom is 0.233 e. The first-order valence-electron chi connectivity index (χ1n) is 8.23. The third-order valence-electron chi connectivity index (χ3n) is 4.40. The summed E-state index contributed by atoms with van der Waals surface area (Å²) >= 11 is 1.62. The van der Waals surface area contributed by atoms with E-state index in [4.69, 9.17) is 0 Å². The smallest absolute Gasteiger partial charge is 0.233 e. The van der Waals surface area contributed by atoms with Crippen LogP contribution in [0.15, 0.2) is 35.5 Å². The average molecular weight is 344 g/mol. The van der Waals surface area contributed by atoms with Gasteiger partial charge in [0.05, 0.1) is 5.75 Å². The van der Waals surface area contributed by atoms with E-state index in [2.05, 4.69) is 42.3 Å². The molecule has 1 atom stereocenters. The molecule has 0 saturated carbocycles. The lowest BCUT2D eigenvalue weighted by Crippen LogP contribution is -2.50. The van der Waals surface area contributed by atoms with Crippen molar-refractivity contribution in [3.63, 3.8) is 0 Å². The topological polar surface area (TPSA) is 50.2 Å². The monoisotopic (exact) mass is 344 g/mol. The van der Waals surface area contributed by atoms with E-state index in [1.54, 1.807) is 18.0 Å². The summed E-state index contributed by atoms with van der Waals surface area (Å²) in [6.45, 7) is 6.50. The number of amides is 1. The van der Waals surface area contributed by atoms with Crippen LogP contribution in [0.4, 0.5) is 0 Å². The van der Waals surface area contributed by atoms with Crippen molar-refractivity contribution in [3.8, 4) is 0 Å². The summed E-state index contributed by atoms with van der Waals surface area (Å²) < 4.78 is 2.00. The van der Waals surface area contributed by atoms with Gasteiger partial charge in [0.1, 0.15) is 11.9 Å². The van der Waals surface area contributed by atoms with Crippen molar-refractivity contribution in [1.82, 2.24) is 19.8 Å². The summed E-state index contributed by atoms with van der Waals surface area (Å²) in [5.41, 5.74) is 2.48. The maximum atomic E-state index is 12.8. The normalized spacial score (nSPS) is 18.0. The van der Waals surface area contributed by atoms with Gasteiger partial charge in [-0.15, -0.1) is 11.8 Å². The van der Waals surface area contributed by atoms with Crippen LogP contribution in [0.3, 0.4) is 0 Å². The van der Waals surface area contributed by atoms with Crippen molar-refractivity contribution in [2.45, 2.75) is 24.8 Å².